The lowest BCUT2D eigenvalue weighted by atomic mass is 9.53. The van der Waals surface area contributed by atoms with Crippen molar-refractivity contribution in [2.45, 2.75) is 44.1 Å². The van der Waals surface area contributed by atoms with E-state index < -0.39 is 0 Å². The van der Waals surface area contributed by atoms with Crippen molar-refractivity contribution in [3.8, 4) is 0 Å². The van der Waals surface area contributed by atoms with Gasteiger partial charge in [-0.2, -0.15) is 5.10 Å². The van der Waals surface area contributed by atoms with E-state index in [4.69, 9.17) is 5.73 Å². The highest BCUT2D eigenvalue weighted by atomic mass is 16.2. The van der Waals surface area contributed by atoms with Gasteiger partial charge in [-0.3, -0.25) is 10.4 Å². The number of aromatic amines is 1. The predicted octanol–water partition coefficient (Wildman–Crippen LogP) is 2.08. The summed E-state index contributed by atoms with van der Waals surface area (Å²) >= 11 is 0. The van der Waals surface area contributed by atoms with Crippen LogP contribution in [0.15, 0.2) is 6.20 Å². The van der Waals surface area contributed by atoms with Crippen molar-refractivity contribution < 1.29 is 4.79 Å². The Morgan fingerprint density at radius 2 is 1.85 bits per heavy atom. The molecule has 1 heterocycles. The topological polar surface area (TPSA) is 95.8 Å². The summed E-state index contributed by atoms with van der Waals surface area (Å²) in [4.78, 5) is 12.2. The van der Waals surface area contributed by atoms with E-state index >= 15 is 0 Å². The Balaban J connectivity index is 1.46. The van der Waals surface area contributed by atoms with Gasteiger partial charge < -0.3 is 11.1 Å². The normalized spacial score (nSPS) is 37.9. The minimum Gasteiger partial charge on any atom is -0.394 e. The first-order valence-corrected chi connectivity index (χ1v) is 7.50. The minimum absolute atomic E-state index is 0.0214. The van der Waals surface area contributed by atoms with E-state index in [0.29, 0.717) is 11.5 Å². The highest BCUT2D eigenvalue weighted by Gasteiger charge is 2.51. The molecule has 5 N–H and O–H groups in total. The fourth-order valence-corrected chi connectivity index (χ4v) is 5.04. The molecule has 0 unspecified atom stereocenters. The molecular formula is C14H21N5O. The van der Waals surface area contributed by atoms with Gasteiger partial charge in [0.2, 0.25) is 0 Å². The van der Waals surface area contributed by atoms with Crippen molar-refractivity contribution in [2.24, 2.45) is 17.8 Å². The monoisotopic (exact) mass is 275 g/mol. The number of nitrogens with two attached hydrogens (primary N) is 1. The zero-order chi connectivity index (χ0) is 13.7. The highest BCUT2D eigenvalue weighted by molar-refractivity contribution is 5.91. The van der Waals surface area contributed by atoms with Crippen molar-refractivity contribution in [1.29, 1.82) is 0 Å². The quantitative estimate of drug-likeness (QED) is 0.665. The number of carbonyl (C=O) groups excluding carboxylic acids is 1. The molecule has 4 bridgehead atoms. The molecule has 5 rings (SSSR count). The summed E-state index contributed by atoms with van der Waals surface area (Å²) in [5.74, 6) is 2.93. The third kappa shape index (κ3) is 1.94. The van der Waals surface area contributed by atoms with Gasteiger partial charge in [-0.15, -0.1) is 0 Å². The van der Waals surface area contributed by atoms with Crippen molar-refractivity contribution in [2.75, 3.05) is 11.1 Å². The molecule has 0 aliphatic heterocycles. The van der Waals surface area contributed by atoms with Crippen LogP contribution in [-0.4, -0.2) is 21.8 Å². The van der Waals surface area contributed by atoms with Crippen LogP contribution in [0.5, 0.6) is 0 Å². The molecule has 6 heteroatoms. The number of H-pyrrole nitrogens is 1. The number of hydrogen-bond acceptors (Lipinski definition) is 3. The fraction of sp³-hybridized carbons (Fsp3) is 0.714. The molecule has 4 aliphatic rings. The molecule has 4 aliphatic carbocycles. The lowest BCUT2D eigenvalue weighted by Gasteiger charge is -2.56. The molecule has 4 saturated carbocycles. The van der Waals surface area contributed by atoms with E-state index in [0.717, 1.165) is 37.0 Å². The average Bonchev–Trinajstić information content (AvgIpc) is 2.72. The zero-order valence-corrected chi connectivity index (χ0v) is 11.5. The molecule has 1 aromatic heterocycles. The number of nitrogens with one attached hydrogen (secondary N) is 3. The summed E-state index contributed by atoms with van der Waals surface area (Å²) in [6.45, 7) is 0. The van der Waals surface area contributed by atoms with Gasteiger partial charge in [-0.25, -0.2) is 4.79 Å². The molecule has 20 heavy (non-hydrogen) atoms. The van der Waals surface area contributed by atoms with E-state index in [1.807, 2.05) is 0 Å². The van der Waals surface area contributed by atoms with Crippen molar-refractivity contribution >= 4 is 17.5 Å². The van der Waals surface area contributed by atoms with Gasteiger partial charge in [0.15, 0.2) is 5.82 Å². The summed E-state index contributed by atoms with van der Waals surface area (Å²) in [5.41, 5.74) is 6.20. The maximum Gasteiger partial charge on any atom is 0.320 e. The standard InChI is InChI=1S/C14H21N5O/c15-11-7-16-19-12(11)17-13(20)18-14-4-8-1-9(5-14)3-10(2-8)6-14/h7-10H,1-6,15H2,(H3,16,17,18,19,20). The Hall–Kier alpha value is -1.72. The van der Waals surface area contributed by atoms with E-state index in [2.05, 4.69) is 20.8 Å². The first-order chi connectivity index (χ1) is 9.62. The predicted molar refractivity (Wildman–Crippen MR) is 76.1 cm³/mol. The molecule has 0 radical (unpaired) electrons. The SMILES string of the molecule is Nc1cn[nH]c1NC(=O)NC12CC3CC(CC(C3)C1)C2. The minimum atomic E-state index is -0.164. The molecule has 4 fully saturated rings. The molecular weight excluding hydrogens is 254 g/mol. The largest absolute Gasteiger partial charge is 0.394 e. The van der Waals surface area contributed by atoms with Crippen molar-refractivity contribution in [3.63, 3.8) is 0 Å². The van der Waals surface area contributed by atoms with Crippen LogP contribution in [-0.2, 0) is 0 Å². The van der Waals surface area contributed by atoms with Gasteiger partial charge in [0.1, 0.15) is 0 Å². The number of rotatable bonds is 2. The van der Waals surface area contributed by atoms with Crippen LogP contribution in [0.4, 0.5) is 16.3 Å². The van der Waals surface area contributed by atoms with E-state index in [1.54, 1.807) is 0 Å². The Bertz CT molecular complexity index is 502. The summed E-state index contributed by atoms with van der Waals surface area (Å²) in [5, 5.41) is 12.5. The molecule has 0 atom stereocenters. The number of nitrogen functional groups attached to an aromatic ring is 1. The van der Waals surface area contributed by atoms with E-state index in [1.165, 1.54) is 25.5 Å². The van der Waals surface area contributed by atoms with Gasteiger partial charge in [0.05, 0.1) is 11.9 Å². The summed E-state index contributed by atoms with van der Waals surface area (Å²) in [7, 11) is 0. The van der Waals surface area contributed by atoms with Crippen LogP contribution in [0.25, 0.3) is 0 Å². The smallest absolute Gasteiger partial charge is 0.320 e. The summed E-state index contributed by atoms with van der Waals surface area (Å²) < 4.78 is 0. The third-order valence-corrected chi connectivity index (χ3v) is 5.32. The highest BCUT2D eigenvalue weighted by Crippen LogP contribution is 2.55. The van der Waals surface area contributed by atoms with Gasteiger partial charge in [0, 0.05) is 5.54 Å². The molecule has 6 nitrogen and oxygen atoms in total. The van der Waals surface area contributed by atoms with Crippen LogP contribution in [0.2, 0.25) is 0 Å². The first-order valence-electron chi connectivity index (χ1n) is 7.50. The summed E-state index contributed by atoms with van der Waals surface area (Å²) in [6.07, 6.45) is 9.04. The van der Waals surface area contributed by atoms with Gasteiger partial charge in [0.25, 0.3) is 0 Å². The number of nitrogens with zero attached hydrogens (tertiary/aromatic N) is 1. The van der Waals surface area contributed by atoms with Crippen molar-refractivity contribution in [3.05, 3.63) is 6.20 Å². The molecule has 108 valence electrons. The van der Waals surface area contributed by atoms with Crippen LogP contribution < -0.4 is 16.4 Å². The maximum atomic E-state index is 12.2. The second kappa shape index (κ2) is 4.14. The Kier molecular flexibility index (Phi) is 2.49. The van der Waals surface area contributed by atoms with E-state index in [9.17, 15) is 4.79 Å². The Labute approximate surface area is 117 Å². The molecule has 0 saturated heterocycles. The van der Waals surface area contributed by atoms with Gasteiger partial charge in [-0.05, 0) is 56.3 Å². The van der Waals surface area contributed by atoms with Crippen LogP contribution in [0, 0.1) is 17.8 Å². The second-order valence-corrected chi connectivity index (χ2v) is 6.98. The maximum absolute atomic E-state index is 12.2. The number of urea groups is 1. The van der Waals surface area contributed by atoms with Crippen LogP contribution in [0.1, 0.15) is 38.5 Å². The van der Waals surface area contributed by atoms with Crippen LogP contribution in [0.3, 0.4) is 0 Å². The van der Waals surface area contributed by atoms with E-state index in [-0.39, 0.29) is 11.6 Å². The Morgan fingerprint density at radius 3 is 2.35 bits per heavy atom. The molecule has 0 aromatic carbocycles. The fourth-order valence-electron chi connectivity index (χ4n) is 5.04. The lowest BCUT2D eigenvalue weighted by Crippen LogP contribution is -2.60. The number of anilines is 2. The number of hydrogen-bond donors (Lipinski definition) is 4. The second-order valence-electron chi connectivity index (χ2n) is 6.98. The van der Waals surface area contributed by atoms with Gasteiger partial charge >= 0.3 is 6.03 Å². The number of aromatic nitrogens is 2. The number of amides is 2. The average molecular weight is 275 g/mol. The molecule has 2 amide bonds. The molecule has 1 aromatic rings. The summed E-state index contributed by atoms with van der Waals surface area (Å²) in [6, 6.07) is -0.164. The number of carbonyl (C=O) groups is 1. The first kappa shape index (κ1) is 12.1. The Morgan fingerprint density at radius 1 is 1.25 bits per heavy atom. The van der Waals surface area contributed by atoms with Gasteiger partial charge in [-0.1, -0.05) is 0 Å². The lowest BCUT2D eigenvalue weighted by molar-refractivity contribution is -0.0127. The third-order valence-electron chi connectivity index (χ3n) is 5.32. The molecule has 0 spiro atoms. The van der Waals surface area contributed by atoms with Crippen LogP contribution >= 0.6 is 0 Å². The zero-order valence-electron chi connectivity index (χ0n) is 11.5. The van der Waals surface area contributed by atoms with Crippen molar-refractivity contribution in [1.82, 2.24) is 15.5 Å².